The molecule has 0 heterocycles. The number of ether oxygens (including phenoxy) is 2. The summed E-state index contributed by atoms with van der Waals surface area (Å²) >= 11 is 0. The first-order valence-corrected chi connectivity index (χ1v) is 12.5. The second-order valence-electron chi connectivity index (χ2n) is 10.3. The number of amides is 2. The van der Waals surface area contributed by atoms with Gasteiger partial charge in [-0.1, -0.05) is 63.2 Å². The van der Waals surface area contributed by atoms with Crippen LogP contribution in [0.1, 0.15) is 65.5 Å². The maximum Gasteiger partial charge on any atom is 0.329 e. The number of carbonyl (C=O) groups is 3. The Morgan fingerprint density at radius 1 is 0.861 bits per heavy atom. The molecule has 0 aliphatic heterocycles. The number of esters is 1. The van der Waals surface area contributed by atoms with E-state index in [1.165, 1.54) is 0 Å². The van der Waals surface area contributed by atoms with Gasteiger partial charge in [0.05, 0.1) is 0 Å². The van der Waals surface area contributed by atoms with Crippen molar-refractivity contribution < 1.29 is 23.9 Å². The van der Waals surface area contributed by atoms with E-state index in [1.54, 1.807) is 27.7 Å². The molecule has 0 fully saturated rings. The van der Waals surface area contributed by atoms with Crippen molar-refractivity contribution in [3.8, 4) is 5.75 Å². The Morgan fingerprint density at radius 2 is 1.50 bits per heavy atom. The maximum atomic E-state index is 13.1. The molecule has 0 aliphatic rings. The van der Waals surface area contributed by atoms with Gasteiger partial charge in [0.1, 0.15) is 30.0 Å². The molecule has 2 aromatic carbocycles. The molecule has 0 radical (unpaired) electrons. The van der Waals surface area contributed by atoms with E-state index in [4.69, 9.17) is 9.47 Å². The largest absolute Gasteiger partial charge is 0.489 e. The van der Waals surface area contributed by atoms with Gasteiger partial charge in [0, 0.05) is 12.8 Å². The van der Waals surface area contributed by atoms with Gasteiger partial charge in [-0.2, -0.15) is 0 Å². The third kappa shape index (κ3) is 10.5. The van der Waals surface area contributed by atoms with Crippen LogP contribution in [0.3, 0.4) is 0 Å². The molecule has 36 heavy (non-hydrogen) atoms. The van der Waals surface area contributed by atoms with Crippen LogP contribution < -0.4 is 15.4 Å². The summed E-state index contributed by atoms with van der Waals surface area (Å²) in [6.07, 6.45) is 0.984. The molecule has 2 N–H and O–H groups in total. The number of hydrogen-bond acceptors (Lipinski definition) is 5. The van der Waals surface area contributed by atoms with Crippen LogP contribution in [0.4, 0.5) is 0 Å². The van der Waals surface area contributed by atoms with Crippen molar-refractivity contribution in [3.63, 3.8) is 0 Å². The van der Waals surface area contributed by atoms with Crippen LogP contribution in [0.5, 0.6) is 5.75 Å². The summed E-state index contributed by atoms with van der Waals surface area (Å²) in [5.41, 5.74) is 1.21. The zero-order chi connectivity index (χ0) is 26.7. The molecule has 196 valence electrons. The minimum Gasteiger partial charge on any atom is -0.489 e. The Morgan fingerprint density at radius 3 is 2.06 bits per heavy atom. The Hall–Kier alpha value is -3.35. The number of hydrogen-bond donors (Lipinski definition) is 2. The molecule has 7 nitrogen and oxygen atoms in total. The Balaban J connectivity index is 2.13. The molecule has 0 spiro atoms. The van der Waals surface area contributed by atoms with Crippen molar-refractivity contribution in [2.45, 2.75) is 85.1 Å². The first-order chi connectivity index (χ1) is 17.0. The van der Waals surface area contributed by atoms with Crippen LogP contribution >= 0.6 is 0 Å². The normalized spacial score (nSPS) is 13.0. The fourth-order valence-corrected chi connectivity index (χ4v) is 3.54. The predicted molar refractivity (Wildman–Crippen MR) is 140 cm³/mol. The van der Waals surface area contributed by atoms with E-state index >= 15 is 0 Å². The number of benzene rings is 2. The van der Waals surface area contributed by atoms with E-state index in [2.05, 4.69) is 10.6 Å². The van der Waals surface area contributed by atoms with Crippen molar-refractivity contribution in [3.05, 3.63) is 65.7 Å². The summed E-state index contributed by atoms with van der Waals surface area (Å²) in [6, 6.07) is 15.7. The molecule has 7 heteroatoms. The van der Waals surface area contributed by atoms with Gasteiger partial charge >= 0.3 is 5.97 Å². The quantitative estimate of drug-likeness (QED) is 0.420. The monoisotopic (exact) mass is 496 g/mol. The van der Waals surface area contributed by atoms with Crippen molar-refractivity contribution in [2.75, 3.05) is 0 Å². The fourth-order valence-electron chi connectivity index (χ4n) is 3.54. The minimum absolute atomic E-state index is 0.182. The highest BCUT2D eigenvalue weighted by atomic mass is 16.6. The highest BCUT2D eigenvalue weighted by molar-refractivity contribution is 5.90. The van der Waals surface area contributed by atoms with Gasteiger partial charge in [-0.15, -0.1) is 0 Å². The lowest BCUT2D eigenvalue weighted by molar-refractivity contribution is -0.158. The van der Waals surface area contributed by atoms with Gasteiger partial charge < -0.3 is 20.1 Å². The summed E-state index contributed by atoms with van der Waals surface area (Å²) in [4.78, 5) is 38.1. The topological polar surface area (TPSA) is 93.7 Å². The van der Waals surface area contributed by atoms with Gasteiger partial charge in [0.2, 0.25) is 11.8 Å². The van der Waals surface area contributed by atoms with Gasteiger partial charge in [-0.05, 0) is 56.4 Å². The van der Waals surface area contributed by atoms with Gasteiger partial charge in [-0.25, -0.2) is 4.79 Å². The van der Waals surface area contributed by atoms with E-state index in [0.29, 0.717) is 18.8 Å². The fraction of sp³-hybridized carbons (Fsp3) is 0.483. The number of carbonyl (C=O) groups excluding carboxylic acids is 3. The SMILES string of the molecule is CCC(=O)N[C@@H](CC(C)C)C(=O)N[C@@H](Cc1ccc(OCc2ccccc2)cc1)C(=O)OC(C)(C)C. The first-order valence-electron chi connectivity index (χ1n) is 12.5. The lowest BCUT2D eigenvalue weighted by Crippen LogP contribution is -2.53. The molecule has 0 saturated heterocycles. The first kappa shape index (κ1) is 28.9. The summed E-state index contributed by atoms with van der Waals surface area (Å²) in [5, 5.41) is 5.59. The van der Waals surface area contributed by atoms with Crippen LogP contribution in [0.2, 0.25) is 0 Å². The highest BCUT2D eigenvalue weighted by Crippen LogP contribution is 2.17. The molecule has 2 aromatic rings. The van der Waals surface area contributed by atoms with E-state index in [1.807, 2.05) is 68.4 Å². The van der Waals surface area contributed by atoms with Crippen molar-refractivity contribution in [1.82, 2.24) is 10.6 Å². The van der Waals surface area contributed by atoms with E-state index in [-0.39, 0.29) is 24.7 Å². The average molecular weight is 497 g/mol. The molecular formula is C29H40N2O5. The standard InChI is InChI=1S/C29H40N2O5/c1-7-26(32)30-24(17-20(2)3)27(33)31-25(28(34)36-29(4,5)6)18-21-13-15-23(16-14-21)35-19-22-11-9-8-10-12-22/h8-16,20,24-25H,7,17-19H2,1-6H3,(H,30,32)(H,31,33)/t24-,25-/m0/s1. The molecule has 0 bridgehead atoms. The van der Waals surface area contributed by atoms with Crippen LogP contribution in [0.25, 0.3) is 0 Å². The molecule has 2 amide bonds. The summed E-state index contributed by atoms with van der Waals surface area (Å²) in [7, 11) is 0. The summed E-state index contributed by atoms with van der Waals surface area (Å²) in [6.45, 7) is 11.5. The minimum atomic E-state index is -0.902. The molecule has 0 saturated carbocycles. The van der Waals surface area contributed by atoms with E-state index < -0.39 is 29.6 Å². The Labute approximate surface area is 215 Å². The number of rotatable bonds is 12. The molecule has 0 aromatic heterocycles. The third-order valence-corrected chi connectivity index (χ3v) is 5.30. The highest BCUT2D eigenvalue weighted by Gasteiger charge is 2.30. The van der Waals surface area contributed by atoms with Crippen molar-refractivity contribution in [2.24, 2.45) is 5.92 Å². The van der Waals surface area contributed by atoms with Crippen LogP contribution in [0, 0.1) is 5.92 Å². The van der Waals surface area contributed by atoms with Crippen LogP contribution in [-0.2, 0) is 32.1 Å². The Kier molecular flexibility index (Phi) is 11.0. The van der Waals surface area contributed by atoms with Crippen molar-refractivity contribution >= 4 is 17.8 Å². The lowest BCUT2D eigenvalue weighted by Gasteiger charge is -2.27. The second-order valence-corrected chi connectivity index (χ2v) is 10.3. The summed E-state index contributed by atoms with van der Waals surface area (Å²) in [5.74, 6) is -0.244. The summed E-state index contributed by atoms with van der Waals surface area (Å²) < 4.78 is 11.4. The maximum absolute atomic E-state index is 13.1. The van der Waals surface area contributed by atoms with Gasteiger partial charge in [-0.3, -0.25) is 9.59 Å². The van der Waals surface area contributed by atoms with E-state index in [0.717, 1.165) is 11.1 Å². The van der Waals surface area contributed by atoms with Crippen molar-refractivity contribution in [1.29, 1.82) is 0 Å². The second kappa shape index (κ2) is 13.7. The zero-order valence-electron chi connectivity index (χ0n) is 22.3. The molecule has 2 rings (SSSR count). The van der Waals surface area contributed by atoms with Crippen LogP contribution in [-0.4, -0.2) is 35.5 Å². The smallest absolute Gasteiger partial charge is 0.329 e. The number of nitrogens with one attached hydrogen (secondary N) is 2. The average Bonchev–Trinajstić information content (AvgIpc) is 2.81. The zero-order valence-corrected chi connectivity index (χ0v) is 22.3. The Bertz CT molecular complexity index is 981. The predicted octanol–water partition coefficient (Wildman–Crippen LogP) is 4.58. The van der Waals surface area contributed by atoms with Gasteiger partial charge in [0.25, 0.3) is 0 Å². The molecular weight excluding hydrogens is 456 g/mol. The lowest BCUT2D eigenvalue weighted by atomic mass is 10.0. The molecule has 2 atom stereocenters. The van der Waals surface area contributed by atoms with Gasteiger partial charge in [0.15, 0.2) is 0 Å². The molecule has 0 aliphatic carbocycles. The molecule has 0 unspecified atom stereocenters. The van der Waals surface area contributed by atoms with E-state index in [9.17, 15) is 14.4 Å². The van der Waals surface area contributed by atoms with Crippen LogP contribution in [0.15, 0.2) is 54.6 Å². The third-order valence-electron chi connectivity index (χ3n) is 5.30.